The SMILES string of the molecule is CCc1csc(C(Cc2ccc(C(N)=O)cc2)NC(=O)Cc2ccc(F)c(F)c2)n1. The standard InChI is InChI=1S/C22H21F2N3O2S/c1-2-16-12-30-22(26-16)19(10-13-3-6-15(7-4-13)21(25)29)27-20(28)11-14-5-8-17(23)18(24)9-14/h3-9,12,19H,2,10-11H2,1H3,(H2,25,29)(H,27,28). The molecule has 0 saturated carbocycles. The van der Waals surface area contributed by atoms with E-state index in [-0.39, 0.29) is 12.3 Å². The molecule has 3 rings (SSSR count). The molecule has 1 unspecified atom stereocenters. The summed E-state index contributed by atoms with van der Waals surface area (Å²) in [6, 6.07) is 9.84. The van der Waals surface area contributed by atoms with Crippen LogP contribution in [0.5, 0.6) is 0 Å². The van der Waals surface area contributed by atoms with Gasteiger partial charge in [0.1, 0.15) is 5.01 Å². The van der Waals surface area contributed by atoms with Gasteiger partial charge in [-0.05, 0) is 48.2 Å². The van der Waals surface area contributed by atoms with E-state index in [9.17, 15) is 18.4 Å². The molecule has 0 aliphatic carbocycles. The van der Waals surface area contributed by atoms with E-state index in [2.05, 4.69) is 10.3 Å². The molecule has 2 amide bonds. The maximum Gasteiger partial charge on any atom is 0.248 e. The van der Waals surface area contributed by atoms with Gasteiger partial charge in [0.25, 0.3) is 0 Å². The minimum atomic E-state index is -0.987. The molecule has 30 heavy (non-hydrogen) atoms. The number of carbonyl (C=O) groups is 2. The lowest BCUT2D eigenvalue weighted by molar-refractivity contribution is -0.121. The molecule has 8 heteroatoms. The van der Waals surface area contributed by atoms with Gasteiger partial charge in [-0.15, -0.1) is 11.3 Å². The van der Waals surface area contributed by atoms with Crippen LogP contribution in [0.25, 0.3) is 0 Å². The molecule has 0 radical (unpaired) electrons. The minimum absolute atomic E-state index is 0.0830. The highest BCUT2D eigenvalue weighted by atomic mass is 32.1. The van der Waals surface area contributed by atoms with E-state index in [4.69, 9.17) is 5.73 Å². The maximum absolute atomic E-state index is 13.4. The van der Waals surface area contributed by atoms with E-state index in [1.807, 2.05) is 12.3 Å². The van der Waals surface area contributed by atoms with Crippen molar-refractivity contribution in [1.29, 1.82) is 0 Å². The van der Waals surface area contributed by atoms with Crippen LogP contribution in [0.4, 0.5) is 8.78 Å². The Morgan fingerprint density at radius 2 is 1.80 bits per heavy atom. The smallest absolute Gasteiger partial charge is 0.248 e. The maximum atomic E-state index is 13.4. The van der Waals surface area contributed by atoms with Gasteiger partial charge in [0, 0.05) is 10.9 Å². The van der Waals surface area contributed by atoms with Gasteiger partial charge in [-0.1, -0.05) is 25.1 Å². The lowest BCUT2D eigenvalue weighted by Gasteiger charge is -2.17. The Morgan fingerprint density at radius 3 is 2.40 bits per heavy atom. The van der Waals surface area contributed by atoms with Crippen LogP contribution >= 0.6 is 11.3 Å². The average Bonchev–Trinajstić information content (AvgIpc) is 3.20. The number of thiazole rings is 1. The Kier molecular flexibility index (Phi) is 6.89. The number of carbonyl (C=O) groups excluding carboxylic acids is 2. The van der Waals surface area contributed by atoms with Crippen molar-refractivity contribution in [2.24, 2.45) is 5.73 Å². The number of amides is 2. The molecule has 3 aromatic rings. The molecule has 0 aliphatic rings. The summed E-state index contributed by atoms with van der Waals surface area (Å²) in [6.45, 7) is 2.00. The van der Waals surface area contributed by atoms with E-state index in [1.165, 1.54) is 17.4 Å². The van der Waals surface area contributed by atoms with Gasteiger partial charge in [-0.3, -0.25) is 9.59 Å². The Hall–Kier alpha value is -3.13. The first-order chi connectivity index (χ1) is 14.4. The molecule has 3 N–H and O–H groups in total. The largest absolute Gasteiger partial charge is 0.366 e. The van der Waals surface area contributed by atoms with Crippen molar-refractivity contribution in [3.05, 3.63) is 86.9 Å². The molecule has 5 nitrogen and oxygen atoms in total. The third-order valence-corrected chi connectivity index (χ3v) is 5.60. The van der Waals surface area contributed by atoms with Crippen LogP contribution in [-0.2, 0) is 24.1 Å². The van der Waals surface area contributed by atoms with Crippen LogP contribution < -0.4 is 11.1 Å². The van der Waals surface area contributed by atoms with E-state index >= 15 is 0 Å². The first-order valence-electron chi connectivity index (χ1n) is 9.42. The van der Waals surface area contributed by atoms with Crippen molar-refractivity contribution in [2.75, 3.05) is 0 Å². The van der Waals surface area contributed by atoms with Crippen molar-refractivity contribution in [3.63, 3.8) is 0 Å². The number of aromatic nitrogens is 1. The number of primary amides is 1. The highest BCUT2D eigenvalue weighted by molar-refractivity contribution is 7.09. The molecule has 0 saturated heterocycles. The lowest BCUT2D eigenvalue weighted by Crippen LogP contribution is -2.31. The quantitative estimate of drug-likeness (QED) is 0.572. The third kappa shape index (κ3) is 5.48. The van der Waals surface area contributed by atoms with Crippen LogP contribution in [0.3, 0.4) is 0 Å². The zero-order chi connectivity index (χ0) is 21.7. The number of rotatable bonds is 8. The van der Waals surface area contributed by atoms with Gasteiger partial charge in [0.05, 0.1) is 18.2 Å². The molecule has 1 heterocycles. The van der Waals surface area contributed by atoms with E-state index in [0.29, 0.717) is 17.5 Å². The van der Waals surface area contributed by atoms with Gasteiger partial charge < -0.3 is 11.1 Å². The summed E-state index contributed by atoms with van der Waals surface area (Å²) in [4.78, 5) is 28.4. The number of benzene rings is 2. The van der Waals surface area contributed by atoms with E-state index in [0.717, 1.165) is 34.8 Å². The van der Waals surface area contributed by atoms with E-state index in [1.54, 1.807) is 24.3 Å². The van der Waals surface area contributed by atoms with Crippen LogP contribution in [0.1, 0.15) is 45.2 Å². The van der Waals surface area contributed by atoms with Crippen molar-refractivity contribution in [3.8, 4) is 0 Å². The summed E-state index contributed by atoms with van der Waals surface area (Å²) in [5, 5.41) is 5.64. The zero-order valence-electron chi connectivity index (χ0n) is 16.3. The van der Waals surface area contributed by atoms with E-state index < -0.39 is 23.6 Å². The van der Waals surface area contributed by atoms with Crippen molar-refractivity contribution < 1.29 is 18.4 Å². The summed E-state index contributed by atoms with van der Waals surface area (Å²) in [5.74, 6) is -2.77. The topological polar surface area (TPSA) is 85.1 Å². The fourth-order valence-electron chi connectivity index (χ4n) is 2.97. The zero-order valence-corrected chi connectivity index (χ0v) is 17.1. The van der Waals surface area contributed by atoms with Gasteiger partial charge in [0.2, 0.25) is 11.8 Å². The monoisotopic (exact) mass is 429 g/mol. The van der Waals surface area contributed by atoms with Crippen LogP contribution in [0.2, 0.25) is 0 Å². The van der Waals surface area contributed by atoms with Crippen molar-refractivity contribution in [1.82, 2.24) is 10.3 Å². The normalized spacial score (nSPS) is 11.8. The Balaban J connectivity index is 1.77. The van der Waals surface area contributed by atoms with Gasteiger partial charge in [0.15, 0.2) is 11.6 Å². The molecule has 1 atom stereocenters. The number of aryl methyl sites for hydroxylation is 1. The van der Waals surface area contributed by atoms with Gasteiger partial charge in [-0.2, -0.15) is 0 Å². The Labute approximate surface area is 177 Å². The van der Waals surface area contributed by atoms with Crippen LogP contribution in [0.15, 0.2) is 47.8 Å². The number of nitrogens with one attached hydrogen (secondary N) is 1. The van der Waals surface area contributed by atoms with Gasteiger partial charge in [-0.25, -0.2) is 13.8 Å². The molecule has 0 bridgehead atoms. The summed E-state index contributed by atoms with van der Waals surface area (Å²) in [5.41, 5.74) is 7.89. The second-order valence-electron chi connectivity index (χ2n) is 6.84. The molecule has 0 fully saturated rings. The summed E-state index contributed by atoms with van der Waals surface area (Å²) >= 11 is 1.45. The summed E-state index contributed by atoms with van der Waals surface area (Å²) < 4.78 is 26.5. The number of hydrogen-bond donors (Lipinski definition) is 2. The lowest BCUT2D eigenvalue weighted by atomic mass is 10.0. The Morgan fingerprint density at radius 1 is 1.10 bits per heavy atom. The molecule has 2 aromatic carbocycles. The van der Waals surface area contributed by atoms with Crippen molar-refractivity contribution >= 4 is 23.2 Å². The third-order valence-electron chi connectivity index (χ3n) is 4.59. The molecular weight excluding hydrogens is 408 g/mol. The van der Waals surface area contributed by atoms with Crippen molar-refractivity contribution in [2.45, 2.75) is 32.2 Å². The van der Waals surface area contributed by atoms with Crippen LogP contribution in [0, 0.1) is 11.6 Å². The first-order valence-corrected chi connectivity index (χ1v) is 10.3. The minimum Gasteiger partial charge on any atom is -0.366 e. The second-order valence-corrected chi connectivity index (χ2v) is 7.73. The fourth-order valence-corrected chi connectivity index (χ4v) is 3.92. The molecular formula is C22H21F2N3O2S. The molecule has 1 aromatic heterocycles. The predicted molar refractivity (Wildman–Crippen MR) is 111 cm³/mol. The molecule has 0 aliphatic heterocycles. The average molecular weight is 429 g/mol. The molecule has 156 valence electrons. The predicted octanol–water partition coefficient (Wildman–Crippen LogP) is 3.73. The highest BCUT2D eigenvalue weighted by Gasteiger charge is 2.19. The number of hydrogen-bond acceptors (Lipinski definition) is 4. The second kappa shape index (κ2) is 9.58. The number of nitrogens with two attached hydrogens (primary N) is 1. The number of halogens is 2. The fraction of sp³-hybridized carbons (Fsp3) is 0.227. The molecule has 0 spiro atoms. The number of nitrogens with zero attached hydrogens (tertiary/aromatic N) is 1. The van der Waals surface area contributed by atoms with Crippen LogP contribution in [-0.4, -0.2) is 16.8 Å². The summed E-state index contributed by atoms with van der Waals surface area (Å²) in [6.07, 6.45) is 1.15. The van der Waals surface area contributed by atoms with Gasteiger partial charge >= 0.3 is 0 Å². The summed E-state index contributed by atoms with van der Waals surface area (Å²) in [7, 11) is 0. The highest BCUT2D eigenvalue weighted by Crippen LogP contribution is 2.23. The first kappa shape index (κ1) is 21.6. The Bertz CT molecular complexity index is 1050.